The van der Waals surface area contributed by atoms with Crippen molar-refractivity contribution in [3.63, 3.8) is 0 Å². The van der Waals surface area contributed by atoms with Crippen LogP contribution >= 0.6 is 34.5 Å². The van der Waals surface area contributed by atoms with E-state index >= 15 is 0 Å². The molecule has 8 heteroatoms. The number of carbonyl (C=O) groups is 1. The molecule has 5 nitrogen and oxygen atoms in total. The van der Waals surface area contributed by atoms with Crippen LogP contribution in [0.1, 0.15) is 54.9 Å². The summed E-state index contributed by atoms with van der Waals surface area (Å²) in [5.41, 5.74) is 0.349. The molecule has 0 saturated carbocycles. The molecule has 0 aliphatic carbocycles. The van der Waals surface area contributed by atoms with Gasteiger partial charge in [0.25, 0.3) is 5.91 Å². The molecule has 2 aromatic rings. The minimum atomic E-state index is -0.336. The van der Waals surface area contributed by atoms with Gasteiger partial charge in [-0.15, -0.1) is 10.2 Å². The number of carbonyl (C=O) groups excluding carboxylic acids is 1. The Labute approximate surface area is 161 Å². The Morgan fingerprint density at radius 1 is 1.16 bits per heavy atom. The highest BCUT2D eigenvalue weighted by Crippen LogP contribution is 2.34. The Bertz CT molecular complexity index is 699. The fourth-order valence-corrected chi connectivity index (χ4v) is 3.42. The number of halogens is 2. The van der Waals surface area contributed by atoms with Crippen molar-refractivity contribution in [2.75, 3.05) is 11.9 Å². The molecule has 0 aliphatic rings. The minimum Gasteiger partial charge on any atom is -0.490 e. The molecular weight excluding hydrogens is 381 g/mol. The molecule has 0 spiro atoms. The molecule has 1 amide bonds. The highest BCUT2D eigenvalue weighted by Gasteiger charge is 2.15. The summed E-state index contributed by atoms with van der Waals surface area (Å²) in [4.78, 5) is 12.3. The summed E-state index contributed by atoms with van der Waals surface area (Å²) in [5.74, 6) is 0.0812. The molecule has 0 aliphatic heterocycles. The Morgan fingerprint density at radius 2 is 1.88 bits per heavy atom. The van der Waals surface area contributed by atoms with E-state index in [4.69, 9.17) is 27.9 Å². The fraction of sp³-hybridized carbons (Fsp3) is 0.471. The van der Waals surface area contributed by atoms with Crippen LogP contribution in [0.3, 0.4) is 0 Å². The van der Waals surface area contributed by atoms with Crippen LogP contribution in [0.15, 0.2) is 12.1 Å². The van der Waals surface area contributed by atoms with Crippen LogP contribution < -0.4 is 10.1 Å². The van der Waals surface area contributed by atoms with E-state index in [1.807, 2.05) is 6.92 Å². The van der Waals surface area contributed by atoms with Crippen molar-refractivity contribution in [1.29, 1.82) is 0 Å². The average molecular weight is 402 g/mol. The number of rotatable bonds is 9. The smallest absolute Gasteiger partial charge is 0.257 e. The van der Waals surface area contributed by atoms with Gasteiger partial charge in [0.1, 0.15) is 5.01 Å². The summed E-state index contributed by atoms with van der Waals surface area (Å²) < 4.78 is 5.67. The Hall–Kier alpha value is -1.37. The molecule has 25 heavy (non-hydrogen) atoms. The van der Waals surface area contributed by atoms with E-state index in [0.717, 1.165) is 24.3 Å². The van der Waals surface area contributed by atoms with Gasteiger partial charge in [0.2, 0.25) is 5.13 Å². The molecule has 0 bridgehead atoms. The van der Waals surface area contributed by atoms with E-state index in [1.54, 1.807) is 12.1 Å². The van der Waals surface area contributed by atoms with Crippen LogP contribution in [-0.2, 0) is 6.42 Å². The summed E-state index contributed by atoms with van der Waals surface area (Å²) in [6.45, 7) is 4.69. The van der Waals surface area contributed by atoms with Crippen molar-refractivity contribution in [3.8, 4) is 5.75 Å². The van der Waals surface area contributed by atoms with Gasteiger partial charge in [0.15, 0.2) is 5.75 Å². The number of aryl methyl sites for hydroxylation is 1. The number of nitrogens with zero attached hydrogens (tertiary/aromatic N) is 2. The van der Waals surface area contributed by atoms with Crippen LogP contribution in [-0.4, -0.2) is 22.7 Å². The largest absolute Gasteiger partial charge is 0.490 e. The molecule has 1 N–H and O–H groups in total. The number of aromatic nitrogens is 2. The van der Waals surface area contributed by atoms with Crippen molar-refractivity contribution in [3.05, 3.63) is 32.7 Å². The van der Waals surface area contributed by atoms with Gasteiger partial charge in [-0.05, 0) is 25.0 Å². The minimum absolute atomic E-state index is 0.319. The molecule has 0 radical (unpaired) electrons. The third kappa shape index (κ3) is 5.83. The molecule has 0 fully saturated rings. The van der Waals surface area contributed by atoms with Crippen LogP contribution in [0.2, 0.25) is 10.0 Å². The number of anilines is 1. The van der Waals surface area contributed by atoms with E-state index < -0.39 is 0 Å². The predicted molar refractivity (Wildman–Crippen MR) is 103 cm³/mol. The lowest BCUT2D eigenvalue weighted by molar-refractivity contribution is 0.102. The van der Waals surface area contributed by atoms with Gasteiger partial charge in [-0.2, -0.15) is 0 Å². The number of amides is 1. The molecule has 0 unspecified atom stereocenters. The molecular formula is C17H21Cl2N3O2S. The topological polar surface area (TPSA) is 64.1 Å². The van der Waals surface area contributed by atoms with E-state index in [1.165, 1.54) is 24.2 Å². The van der Waals surface area contributed by atoms with E-state index in [-0.39, 0.29) is 5.91 Å². The number of hydrogen-bond donors (Lipinski definition) is 1. The third-order valence-corrected chi connectivity index (χ3v) is 5.04. The lowest BCUT2D eigenvalue weighted by Crippen LogP contribution is -2.12. The van der Waals surface area contributed by atoms with Gasteiger partial charge in [-0.3, -0.25) is 10.1 Å². The quantitative estimate of drug-likeness (QED) is 0.553. The molecule has 2 rings (SSSR count). The highest BCUT2D eigenvalue weighted by atomic mass is 35.5. The Balaban J connectivity index is 2.01. The maximum atomic E-state index is 12.3. The van der Waals surface area contributed by atoms with Crippen LogP contribution in [0, 0.1) is 0 Å². The van der Waals surface area contributed by atoms with Crippen LogP contribution in [0.4, 0.5) is 5.13 Å². The van der Waals surface area contributed by atoms with Crippen molar-refractivity contribution < 1.29 is 9.53 Å². The zero-order chi connectivity index (χ0) is 18.2. The lowest BCUT2D eigenvalue weighted by atomic mass is 10.2. The molecule has 136 valence electrons. The van der Waals surface area contributed by atoms with E-state index in [0.29, 0.717) is 33.1 Å². The maximum Gasteiger partial charge on any atom is 0.257 e. The van der Waals surface area contributed by atoms with Gasteiger partial charge in [0.05, 0.1) is 16.7 Å². The zero-order valence-electron chi connectivity index (χ0n) is 14.3. The fourth-order valence-electron chi connectivity index (χ4n) is 2.15. The molecule has 0 atom stereocenters. The Kier molecular flexibility index (Phi) is 7.93. The number of ether oxygens (including phenoxy) is 1. The van der Waals surface area contributed by atoms with Gasteiger partial charge >= 0.3 is 0 Å². The summed E-state index contributed by atoms with van der Waals surface area (Å²) in [7, 11) is 0. The van der Waals surface area contributed by atoms with Crippen molar-refractivity contribution in [2.24, 2.45) is 0 Å². The average Bonchev–Trinajstić information content (AvgIpc) is 3.04. The number of hydrogen-bond acceptors (Lipinski definition) is 5. The van der Waals surface area contributed by atoms with Gasteiger partial charge in [0, 0.05) is 5.56 Å². The first kappa shape index (κ1) is 19.9. The normalized spacial score (nSPS) is 10.7. The number of benzene rings is 1. The second-order valence-electron chi connectivity index (χ2n) is 5.49. The third-order valence-electron chi connectivity index (χ3n) is 3.49. The van der Waals surface area contributed by atoms with Crippen molar-refractivity contribution in [1.82, 2.24) is 10.2 Å². The number of nitrogens with one attached hydrogen (secondary N) is 1. The number of unbranched alkanes of at least 4 members (excludes halogenated alkanes) is 3. The van der Waals surface area contributed by atoms with Crippen molar-refractivity contribution in [2.45, 2.75) is 46.0 Å². The van der Waals surface area contributed by atoms with Gasteiger partial charge in [-0.25, -0.2) is 0 Å². The maximum absolute atomic E-state index is 12.3. The monoisotopic (exact) mass is 401 g/mol. The van der Waals surface area contributed by atoms with E-state index in [9.17, 15) is 4.79 Å². The van der Waals surface area contributed by atoms with Crippen molar-refractivity contribution >= 4 is 45.6 Å². The van der Waals surface area contributed by atoms with Crippen LogP contribution in [0.5, 0.6) is 5.75 Å². The van der Waals surface area contributed by atoms with Crippen LogP contribution in [0.25, 0.3) is 0 Å². The first-order chi connectivity index (χ1) is 12.0. The SMILES string of the molecule is CCCCCCOc1c(Cl)cc(C(=O)Nc2nnc(CC)s2)cc1Cl. The summed E-state index contributed by atoms with van der Waals surface area (Å²) in [5, 5.41) is 12.5. The second-order valence-corrected chi connectivity index (χ2v) is 7.36. The summed E-state index contributed by atoms with van der Waals surface area (Å²) in [6.07, 6.45) is 5.16. The zero-order valence-corrected chi connectivity index (χ0v) is 16.6. The molecule has 0 saturated heterocycles. The first-order valence-corrected chi connectivity index (χ1v) is 9.88. The lowest BCUT2D eigenvalue weighted by Gasteiger charge is -2.11. The second kappa shape index (κ2) is 9.94. The summed E-state index contributed by atoms with van der Waals surface area (Å²) in [6, 6.07) is 3.10. The predicted octanol–water partition coefficient (Wildman–Crippen LogP) is 5.62. The first-order valence-electron chi connectivity index (χ1n) is 8.30. The van der Waals surface area contributed by atoms with Gasteiger partial charge < -0.3 is 4.74 Å². The molecule has 1 heterocycles. The Morgan fingerprint density at radius 3 is 2.48 bits per heavy atom. The van der Waals surface area contributed by atoms with E-state index in [2.05, 4.69) is 22.4 Å². The standard InChI is InChI=1S/C17H21Cl2N3O2S/c1-3-5-6-7-8-24-15-12(18)9-11(10-13(15)19)16(23)20-17-22-21-14(4-2)25-17/h9-10H,3-8H2,1-2H3,(H,20,22,23). The summed E-state index contributed by atoms with van der Waals surface area (Å²) >= 11 is 13.8. The molecule has 1 aromatic carbocycles. The van der Waals surface area contributed by atoms with Gasteiger partial charge in [-0.1, -0.05) is 67.6 Å². The highest BCUT2D eigenvalue weighted by molar-refractivity contribution is 7.15. The molecule has 1 aromatic heterocycles.